The average molecular weight is 210 g/mol. The molecule has 1 atom stereocenters. The number of nitrogens with one attached hydrogen (secondary N) is 1. The van der Waals surface area contributed by atoms with E-state index in [0.717, 1.165) is 32.4 Å². The van der Waals surface area contributed by atoms with E-state index in [0.29, 0.717) is 0 Å². The Morgan fingerprint density at radius 3 is 2.93 bits per heavy atom. The number of hydrogen-bond acceptors (Lipinski definition) is 2. The van der Waals surface area contributed by atoms with E-state index in [2.05, 4.69) is 35.3 Å². The van der Waals surface area contributed by atoms with Gasteiger partial charge in [-0.25, -0.2) is 0 Å². The summed E-state index contributed by atoms with van der Waals surface area (Å²) in [6, 6.07) is 4.17. The van der Waals surface area contributed by atoms with Crippen molar-refractivity contribution in [1.29, 1.82) is 0 Å². The molecule has 0 aliphatic heterocycles. The maximum Gasteiger partial charge on any atom is 0.0538 e. The van der Waals surface area contributed by atoms with Gasteiger partial charge in [-0.3, -0.25) is 0 Å². The minimum atomic E-state index is -0.123. The number of aliphatic hydroxyl groups is 1. The van der Waals surface area contributed by atoms with Gasteiger partial charge in [0.15, 0.2) is 0 Å². The average Bonchev–Trinajstić information content (AvgIpc) is 2.63. The molecule has 1 heterocycles. The minimum Gasteiger partial charge on any atom is -0.393 e. The topological polar surface area (TPSA) is 37.2 Å². The second-order valence-electron chi connectivity index (χ2n) is 3.99. The number of rotatable bonds is 7. The fraction of sp³-hybridized carbons (Fsp3) is 0.667. The molecule has 0 bridgehead atoms. The van der Waals surface area contributed by atoms with Crippen LogP contribution in [0, 0.1) is 0 Å². The van der Waals surface area contributed by atoms with Gasteiger partial charge in [0.05, 0.1) is 6.10 Å². The van der Waals surface area contributed by atoms with Crippen molar-refractivity contribution in [3.05, 3.63) is 24.0 Å². The molecule has 1 aromatic heterocycles. The summed E-state index contributed by atoms with van der Waals surface area (Å²) < 4.78 is 2.12. The zero-order valence-electron chi connectivity index (χ0n) is 9.74. The van der Waals surface area contributed by atoms with Crippen molar-refractivity contribution in [3.8, 4) is 0 Å². The van der Waals surface area contributed by atoms with Gasteiger partial charge in [-0.15, -0.1) is 0 Å². The largest absolute Gasteiger partial charge is 0.393 e. The van der Waals surface area contributed by atoms with Gasteiger partial charge < -0.3 is 15.0 Å². The molecule has 15 heavy (non-hydrogen) atoms. The first-order valence-electron chi connectivity index (χ1n) is 5.73. The van der Waals surface area contributed by atoms with Crippen LogP contribution in [0.5, 0.6) is 0 Å². The Morgan fingerprint density at radius 1 is 1.53 bits per heavy atom. The number of aromatic nitrogens is 1. The van der Waals surface area contributed by atoms with Crippen molar-refractivity contribution in [2.45, 2.75) is 38.8 Å². The van der Waals surface area contributed by atoms with Crippen molar-refractivity contribution >= 4 is 0 Å². The van der Waals surface area contributed by atoms with Crippen LogP contribution in [0.2, 0.25) is 0 Å². The molecular formula is C12H22N2O. The van der Waals surface area contributed by atoms with Crippen molar-refractivity contribution in [3.63, 3.8) is 0 Å². The predicted octanol–water partition coefficient (Wildman–Crippen LogP) is 1.67. The Kier molecular flexibility index (Phi) is 5.43. The van der Waals surface area contributed by atoms with Gasteiger partial charge in [0, 0.05) is 25.5 Å². The van der Waals surface area contributed by atoms with E-state index in [9.17, 15) is 5.11 Å². The van der Waals surface area contributed by atoms with Crippen LogP contribution >= 0.6 is 0 Å². The van der Waals surface area contributed by atoms with Crippen LogP contribution in [-0.4, -0.2) is 22.3 Å². The van der Waals surface area contributed by atoms with E-state index < -0.39 is 0 Å². The van der Waals surface area contributed by atoms with Crippen LogP contribution in [0.1, 0.15) is 31.9 Å². The highest BCUT2D eigenvalue weighted by molar-refractivity contribution is 5.05. The van der Waals surface area contributed by atoms with Crippen molar-refractivity contribution < 1.29 is 5.11 Å². The highest BCUT2D eigenvalue weighted by atomic mass is 16.3. The number of aryl methyl sites for hydroxylation is 1. The monoisotopic (exact) mass is 210 g/mol. The lowest BCUT2D eigenvalue weighted by atomic mass is 10.1. The molecule has 2 N–H and O–H groups in total. The van der Waals surface area contributed by atoms with Crippen molar-refractivity contribution in [1.82, 2.24) is 9.88 Å². The van der Waals surface area contributed by atoms with E-state index in [1.54, 1.807) is 0 Å². The van der Waals surface area contributed by atoms with Crippen molar-refractivity contribution in [2.75, 3.05) is 6.54 Å². The lowest BCUT2D eigenvalue weighted by molar-refractivity contribution is 0.157. The first kappa shape index (κ1) is 12.3. The zero-order valence-corrected chi connectivity index (χ0v) is 9.74. The summed E-state index contributed by atoms with van der Waals surface area (Å²) in [4.78, 5) is 0. The summed E-state index contributed by atoms with van der Waals surface area (Å²) in [5, 5.41) is 12.7. The Morgan fingerprint density at radius 2 is 2.33 bits per heavy atom. The predicted molar refractivity (Wildman–Crippen MR) is 62.7 cm³/mol. The summed E-state index contributed by atoms with van der Waals surface area (Å²) in [5.74, 6) is 0. The van der Waals surface area contributed by atoms with Gasteiger partial charge in [0.1, 0.15) is 0 Å². The molecule has 0 spiro atoms. The molecule has 0 radical (unpaired) electrons. The Hall–Kier alpha value is -0.800. The number of hydrogen-bond donors (Lipinski definition) is 2. The smallest absolute Gasteiger partial charge is 0.0538 e. The maximum atomic E-state index is 9.35. The summed E-state index contributed by atoms with van der Waals surface area (Å²) in [6.45, 7) is 3.90. The van der Waals surface area contributed by atoms with Gasteiger partial charge in [0.2, 0.25) is 0 Å². The molecule has 3 heteroatoms. The van der Waals surface area contributed by atoms with Crippen LogP contribution in [0.3, 0.4) is 0 Å². The fourth-order valence-electron chi connectivity index (χ4n) is 1.56. The molecule has 0 fully saturated rings. The Bertz CT molecular complexity index is 270. The van der Waals surface area contributed by atoms with Crippen LogP contribution in [0.4, 0.5) is 0 Å². The van der Waals surface area contributed by atoms with Crippen LogP contribution in [0.25, 0.3) is 0 Å². The summed E-state index contributed by atoms with van der Waals surface area (Å²) in [6.07, 6.45) is 4.73. The van der Waals surface area contributed by atoms with Gasteiger partial charge in [-0.2, -0.15) is 0 Å². The first-order chi connectivity index (χ1) is 7.24. The molecule has 1 unspecified atom stereocenters. The summed E-state index contributed by atoms with van der Waals surface area (Å²) in [5.41, 5.74) is 1.30. The molecule has 1 rings (SSSR count). The van der Waals surface area contributed by atoms with Crippen molar-refractivity contribution in [2.24, 2.45) is 7.05 Å². The summed E-state index contributed by atoms with van der Waals surface area (Å²) in [7, 11) is 2.05. The molecule has 0 saturated carbocycles. The molecule has 0 aliphatic carbocycles. The minimum absolute atomic E-state index is 0.123. The molecule has 86 valence electrons. The van der Waals surface area contributed by atoms with Crippen LogP contribution in [0.15, 0.2) is 18.3 Å². The van der Waals surface area contributed by atoms with Gasteiger partial charge in [-0.05, 0) is 37.9 Å². The standard InChI is InChI=1S/C12H22N2O/c1-3-12(15)7-4-8-13-10-11-6-5-9-14(11)2/h5-6,9,12-13,15H,3-4,7-8,10H2,1-2H3. The molecular weight excluding hydrogens is 188 g/mol. The van der Waals surface area contributed by atoms with Gasteiger partial charge in [0.25, 0.3) is 0 Å². The van der Waals surface area contributed by atoms with Gasteiger partial charge in [-0.1, -0.05) is 6.92 Å². The molecule has 0 aliphatic rings. The van der Waals surface area contributed by atoms with Gasteiger partial charge >= 0.3 is 0 Å². The third-order valence-corrected chi connectivity index (χ3v) is 2.72. The lowest BCUT2D eigenvalue weighted by Crippen LogP contribution is -2.18. The third-order valence-electron chi connectivity index (χ3n) is 2.72. The quantitative estimate of drug-likeness (QED) is 0.672. The highest BCUT2D eigenvalue weighted by Crippen LogP contribution is 2.01. The Balaban J connectivity index is 2.05. The van der Waals surface area contributed by atoms with E-state index in [1.807, 2.05) is 6.92 Å². The number of aliphatic hydroxyl groups excluding tert-OH is 1. The van der Waals surface area contributed by atoms with Crippen LogP contribution in [-0.2, 0) is 13.6 Å². The fourth-order valence-corrected chi connectivity index (χ4v) is 1.56. The normalized spacial score (nSPS) is 13.0. The number of nitrogens with zero attached hydrogens (tertiary/aromatic N) is 1. The summed E-state index contributed by atoms with van der Waals surface area (Å²) >= 11 is 0. The second kappa shape index (κ2) is 6.64. The highest BCUT2D eigenvalue weighted by Gasteiger charge is 2.00. The van der Waals surface area contributed by atoms with Crippen LogP contribution < -0.4 is 5.32 Å². The molecule has 1 aromatic rings. The second-order valence-corrected chi connectivity index (χ2v) is 3.99. The molecule has 0 aromatic carbocycles. The first-order valence-corrected chi connectivity index (χ1v) is 5.73. The zero-order chi connectivity index (χ0) is 11.1. The maximum absolute atomic E-state index is 9.35. The van der Waals surface area contributed by atoms with E-state index in [1.165, 1.54) is 5.69 Å². The lowest BCUT2D eigenvalue weighted by Gasteiger charge is -2.08. The van der Waals surface area contributed by atoms with E-state index in [-0.39, 0.29) is 6.10 Å². The third kappa shape index (κ3) is 4.49. The Labute approximate surface area is 92.1 Å². The van der Waals surface area contributed by atoms with E-state index >= 15 is 0 Å². The molecule has 0 amide bonds. The SMILES string of the molecule is CCC(O)CCCNCc1cccn1C. The molecule has 0 saturated heterocycles. The van der Waals surface area contributed by atoms with E-state index in [4.69, 9.17) is 0 Å². The molecule has 3 nitrogen and oxygen atoms in total.